The molecule has 3 unspecified atom stereocenters. The fraction of sp³-hybridized carbons (Fsp3) is 0.588. The Morgan fingerprint density at radius 2 is 1.89 bits per heavy atom. The van der Waals surface area contributed by atoms with Gasteiger partial charge < -0.3 is 5.32 Å². The van der Waals surface area contributed by atoms with Crippen molar-refractivity contribution in [3.05, 3.63) is 35.4 Å². The van der Waals surface area contributed by atoms with Crippen LogP contribution in [0, 0.1) is 17.2 Å². The van der Waals surface area contributed by atoms with Crippen LogP contribution in [0.2, 0.25) is 0 Å². The van der Waals surface area contributed by atoms with Crippen molar-refractivity contribution < 1.29 is 0 Å². The molecule has 2 aliphatic rings. The van der Waals surface area contributed by atoms with E-state index >= 15 is 0 Å². The van der Waals surface area contributed by atoms with E-state index in [4.69, 9.17) is 0 Å². The van der Waals surface area contributed by atoms with E-state index in [1.807, 2.05) is 0 Å². The maximum absolute atomic E-state index is 9.30. The van der Waals surface area contributed by atoms with Crippen LogP contribution in [-0.4, -0.2) is 6.04 Å². The second-order valence-corrected chi connectivity index (χ2v) is 5.94. The Balaban J connectivity index is 1.75. The van der Waals surface area contributed by atoms with E-state index in [9.17, 15) is 5.26 Å². The highest BCUT2D eigenvalue weighted by molar-refractivity contribution is 5.32. The number of hydrogen-bond acceptors (Lipinski definition) is 2. The zero-order valence-electron chi connectivity index (χ0n) is 11.4. The smallest absolute Gasteiger partial charge is 0.0672 e. The molecule has 1 aromatic carbocycles. The molecule has 0 saturated heterocycles. The minimum Gasteiger partial charge on any atom is -0.306 e. The maximum Gasteiger partial charge on any atom is 0.0672 e. The third kappa shape index (κ3) is 2.67. The van der Waals surface area contributed by atoms with Crippen LogP contribution < -0.4 is 5.32 Å². The molecular weight excluding hydrogens is 232 g/mol. The summed E-state index contributed by atoms with van der Waals surface area (Å²) < 4.78 is 0. The largest absolute Gasteiger partial charge is 0.306 e. The summed E-state index contributed by atoms with van der Waals surface area (Å²) in [5, 5.41) is 13.1. The van der Waals surface area contributed by atoms with Gasteiger partial charge >= 0.3 is 0 Å². The normalized spacial score (nSPS) is 30.4. The first-order valence-electron chi connectivity index (χ1n) is 7.62. The lowest BCUT2D eigenvalue weighted by Gasteiger charge is -2.34. The number of hydrogen-bond donors (Lipinski definition) is 1. The van der Waals surface area contributed by atoms with Crippen LogP contribution in [0.1, 0.15) is 55.7 Å². The van der Waals surface area contributed by atoms with Gasteiger partial charge in [-0.1, -0.05) is 37.1 Å². The lowest BCUT2D eigenvalue weighted by Crippen LogP contribution is -2.41. The van der Waals surface area contributed by atoms with Gasteiger partial charge in [0.2, 0.25) is 0 Å². The number of nitriles is 1. The average molecular weight is 254 g/mol. The minimum atomic E-state index is 0.211. The Morgan fingerprint density at radius 3 is 2.79 bits per heavy atom. The first kappa shape index (κ1) is 12.7. The molecule has 2 heteroatoms. The Morgan fingerprint density at radius 1 is 1.05 bits per heavy atom. The van der Waals surface area contributed by atoms with Gasteiger partial charge in [-0.3, -0.25) is 0 Å². The summed E-state index contributed by atoms with van der Waals surface area (Å²) in [5.74, 6) is 0.211. The van der Waals surface area contributed by atoms with Crippen molar-refractivity contribution in [2.75, 3.05) is 0 Å². The van der Waals surface area contributed by atoms with E-state index in [1.165, 1.54) is 43.2 Å². The maximum atomic E-state index is 9.30. The fourth-order valence-electron chi connectivity index (χ4n) is 3.67. The van der Waals surface area contributed by atoms with Gasteiger partial charge in [-0.05, 0) is 43.2 Å². The highest BCUT2D eigenvalue weighted by atomic mass is 15.0. The third-order valence-electron chi connectivity index (χ3n) is 4.72. The summed E-state index contributed by atoms with van der Waals surface area (Å²) in [4.78, 5) is 0. The van der Waals surface area contributed by atoms with Gasteiger partial charge in [-0.25, -0.2) is 0 Å². The first-order chi connectivity index (χ1) is 9.38. The fourth-order valence-corrected chi connectivity index (χ4v) is 3.67. The van der Waals surface area contributed by atoms with Crippen molar-refractivity contribution in [2.24, 2.45) is 5.92 Å². The Kier molecular flexibility index (Phi) is 3.84. The van der Waals surface area contributed by atoms with E-state index in [2.05, 4.69) is 35.7 Å². The van der Waals surface area contributed by atoms with Crippen molar-refractivity contribution in [1.82, 2.24) is 5.32 Å². The Labute approximate surface area is 115 Å². The molecule has 2 aliphatic carbocycles. The van der Waals surface area contributed by atoms with E-state index in [-0.39, 0.29) is 5.92 Å². The summed E-state index contributed by atoms with van der Waals surface area (Å²) in [7, 11) is 0. The van der Waals surface area contributed by atoms with E-state index in [0.717, 1.165) is 12.8 Å². The molecule has 2 nitrogen and oxygen atoms in total. The van der Waals surface area contributed by atoms with Crippen molar-refractivity contribution in [1.29, 1.82) is 5.26 Å². The van der Waals surface area contributed by atoms with Crippen LogP contribution in [0.25, 0.3) is 0 Å². The second-order valence-electron chi connectivity index (χ2n) is 5.94. The molecule has 0 heterocycles. The summed E-state index contributed by atoms with van der Waals surface area (Å²) in [6.07, 6.45) is 8.41. The zero-order chi connectivity index (χ0) is 13.1. The van der Waals surface area contributed by atoms with Gasteiger partial charge in [-0.2, -0.15) is 5.26 Å². The molecule has 1 aromatic rings. The molecule has 0 aliphatic heterocycles. The van der Waals surface area contributed by atoms with Gasteiger partial charge in [0.05, 0.1) is 12.0 Å². The average Bonchev–Trinajstić information content (AvgIpc) is 2.48. The van der Waals surface area contributed by atoms with Gasteiger partial charge in [0.25, 0.3) is 0 Å². The molecule has 3 atom stereocenters. The summed E-state index contributed by atoms with van der Waals surface area (Å²) in [6.45, 7) is 0. The molecule has 1 N–H and O–H groups in total. The standard InChI is InChI=1S/C17H22N2/c18-12-14-7-2-4-10-16(14)19-17-11-5-8-13-6-1-3-9-15(13)17/h1,3,6,9,14,16-17,19H,2,4-5,7-8,10-11H2. The number of fused-ring (bicyclic) bond motifs is 1. The molecule has 0 aromatic heterocycles. The van der Waals surface area contributed by atoms with Crippen molar-refractivity contribution >= 4 is 0 Å². The van der Waals surface area contributed by atoms with Crippen LogP contribution in [0.15, 0.2) is 24.3 Å². The highest BCUT2D eigenvalue weighted by Gasteiger charge is 2.29. The van der Waals surface area contributed by atoms with Crippen molar-refractivity contribution in [3.63, 3.8) is 0 Å². The lowest BCUT2D eigenvalue weighted by molar-refractivity contribution is 0.275. The molecule has 1 saturated carbocycles. The van der Waals surface area contributed by atoms with Gasteiger partial charge in [0, 0.05) is 12.1 Å². The Bertz CT molecular complexity index is 474. The minimum absolute atomic E-state index is 0.211. The molecule has 1 fully saturated rings. The number of rotatable bonds is 2. The second kappa shape index (κ2) is 5.75. The van der Waals surface area contributed by atoms with Crippen LogP contribution in [0.3, 0.4) is 0 Å². The molecule has 0 spiro atoms. The third-order valence-corrected chi connectivity index (χ3v) is 4.72. The molecule has 19 heavy (non-hydrogen) atoms. The van der Waals surface area contributed by atoms with E-state index in [1.54, 1.807) is 0 Å². The van der Waals surface area contributed by atoms with E-state index < -0.39 is 0 Å². The summed E-state index contributed by atoms with van der Waals surface area (Å²) >= 11 is 0. The molecule has 0 bridgehead atoms. The molecule has 3 rings (SSSR count). The van der Waals surface area contributed by atoms with Crippen LogP contribution in [0.4, 0.5) is 0 Å². The predicted molar refractivity (Wildman–Crippen MR) is 76.6 cm³/mol. The molecular formula is C17H22N2. The lowest BCUT2D eigenvalue weighted by atomic mass is 9.82. The summed E-state index contributed by atoms with van der Waals surface area (Å²) in [6, 6.07) is 12.2. The van der Waals surface area contributed by atoms with Crippen molar-refractivity contribution in [2.45, 2.75) is 57.0 Å². The number of nitrogens with zero attached hydrogens (tertiary/aromatic N) is 1. The molecule has 100 valence electrons. The zero-order valence-corrected chi connectivity index (χ0v) is 11.4. The van der Waals surface area contributed by atoms with Gasteiger partial charge in [0.15, 0.2) is 0 Å². The van der Waals surface area contributed by atoms with Crippen LogP contribution in [-0.2, 0) is 6.42 Å². The number of benzene rings is 1. The number of aryl methyl sites for hydroxylation is 1. The quantitative estimate of drug-likeness (QED) is 0.872. The van der Waals surface area contributed by atoms with Gasteiger partial charge in [0.1, 0.15) is 0 Å². The van der Waals surface area contributed by atoms with Crippen LogP contribution >= 0.6 is 0 Å². The van der Waals surface area contributed by atoms with Crippen molar-refractivity contribution in [3.8, 4) is 6.07 Å². The monoisotopic (exact) mass is 254 g/mol. The highest BCUT2D eigenvalue weighted by Crippen LogP contribution is 2.32. The molecule has 0 radical (unpaired) electrons. The van der Waals surface area contributed by atoms with E-state index in [0.29, 0.717) is 12.1 Å². The SMILES string of the molecule is N#CC1CCCCC1NC1CCCc2ccccc21. The number of nitrogens with one attached hydrogen (secondary N) is 1. The predicted octanol–water partition coefficient (Wildman–Crippen LogP) is 3.74. The summed E-state index contributed by atoms with van der Waals surface area (Å²) in [5.41, 5.74) is 2.96. The topological polar surface area (TPSA) is 35.8 Å². The van der Waals surface area contributed by atoms with Gasteiger partial charge in [-0.15, -0.1) is 0 Å². The molecule has 0 amide bonds. The van der Waals surface area contributed by atoms with Crippen LogP contribution in [0.5, 0.6) is 0 Å². The Hall–Kier alpha value is -1.33. The first-order valence-corrected chi connectivity index (χ1v) is 7.62.